The molecule has 3 rings (SSSR count). The van der Waals surface area contributed by atoms with Crippen molar-refractivity contribution in [1.82, 2.24) is 4.90 Å². The van der Waals surface area contributed by atoms with Gasteiger partial charge in [0.25, 0.3) is 0 Å². The van der Waals surface area contributed by atoms with Gasteiger partial charge in [0.1, 0.15) is 0 Å². The maximum Gasteiger partial charge on any atom is 0.330 e. The van der Waals surface area contributed by atoms with Gasteiger partial charge in [0, 0.05) is 18.7 Å². The first-order chi connectivity index (χ1) is 11.3. The SMILES string of the molecule is CCOC(=O)/C=C/[C@H]1[C@H](c2ccccc2)N1Cc1ccccc1. The van der Waals surface area contributed by atoms with Gasteiger partial charge in [-0.2, -0.15) is 0 Å². The Morgan fingerprint density at radius 1 is 1.09 bits per heavy atom. The third-order valence-corrected chi connectivity index (χ3v) is 4.04. The van der Waals surface area contributed by atoms with Crippen LogP contribution in [0.15, 0.2) is 72.8 Å². The third kappa shape index (κ3) is 3.88. The number of benzene rings is 2. The summed E-state index contributed by atoms with van der Waals surface area (Å²) in [6, 6.07) is 21.4. The van der Waals surface area contributed by atoms with Crippen molar-refractivity contribution in [3.05, 3.63) is 83.9 Å². The topological polar surface area (TPSA) is 29.3 Å². The highest BCUT2D eigenvalue weighted by Crippen LogP contribution is 2.45. The molecule has 23 heavy (non-hydrogen) atoms. The number of carbonyl (C=O) groups excluding carboxylic acids is 1. The number of carbonyl (C=O) groups is 1. The van der Waals surface area contributed by atoms with Crippen LogP contribution in [-0.4, -0.2) is 23.5 Å². The molecule has 0 N–H and O–H groups in total. The summed E-state index contributed by atoms with van der Waals surface area (Å²) >= 11 is 0. The molecule has 3 heteroatoms. The van der Waals surface area contributed by atoms with Gasteiger partial charge in [-0.3, -0.25) is 4.90 Å². The summed E-state index contributed by atoms with van der Waals surface area (Å²) in [5, 5.41) is 0. The van der Waals surface area contributed by atoms with Gasteiger partial charge in [-0.25, -0.2) is 4.79 Å². The quantitative estimate of drug-likeness (QED) is 0.462. The molecule has 0 spiro atoms. The van der Waals surface area contributed by atoms with E-state index in [4.69, 9.17) is 4.74 Å². The molecule has 3 atom stereocenters. The predicted molar refractivity (Wildman–Crippen MR) is 90.7 cm³/mol. The lowest BCUT2D eigenvalue weighted by atomic mass is 10.1. The van der Waals surface area contributed by atoms with Gasteiger partial charge in [-0.05, 0) is 18.1 Å². The Labute approximate surface area is 137 Å². The van der Waals surface area contributed by atoms with Crippen molar-refractivity contribution in [3.63, 3.8) is 0 Å². The first-order valence-electron chi connectivity index (χ1n) is 7.99. The van der Waals surface area contributed by atoms with E-state index in [1.165, 1.54) is 11.1 Å². The Balaban J connectivity index is 1.74. The van der Waals surface area contributed by atoms with Crippen LogP contribution in [-0.2, 0) is 16.1 Å². The van der Waals surface area contributed by atoms with E-state index in [1.807, 2.05) is 25.1 Å². The molecule has 0 amide bonds. The second-order valence-electron chi connectivity index (χ2n) is 5.62. The van der Waals surface area contributed by atoms with Crippen LogP contribution in [0, 0.1) is 0 Å². The average Bonchev–Trinajstić information content (AvgIpc) is 3.27. The lowest BCUT2D eigenvalue weighted by molar-refractivity contribution is -0.137. The minimum Gasteiger partial charge on any atom is -0.463 e. The molecule has 1 unspecified atom stereocenters. The molecule has 0 aliphatic carbocycles. The van der Waals surface area contributed by atoms with Crippen molar-refractivity contribution in [2.75, 3.05) is 6.61 Å². The van der Waals surface area contributed by atoms with Crippen LogP contribution in [0.4, 0.5) is 0 Å². The Hall–Kier alpha value is -2.39. The predicted octanol–water partition coefficient (Wildman–Crippen LogP) is 3.73. The number of nitrogens with zero attached hydrogens (tertiary/aromatic N) is 1. The van der Waals surface area contributed by atoms with Crippen LogP contribution < -0.4 is 0 Å². The third-order valence-electron chi connectivity index (χ3n) is 4.04. The molecule has 1 saturated heterocycles. The van der Waals surface area contributed by atoms with Gasteiger partial charge in [0.15, 0.2) is 0 Å². The molecule has 1 heterocycles. The van der Waals surface area contributed by atoms with Crippen LogP contribution in [0.1, 0.15) is 24.1 Å². The normalized spacial score (nSPS) is 22.9. The van der Waals surface area contributed by atoms with Gasteiger partial charge >= 0.3 is 5.97 Å². The summed E-state index contributed by atoms with van der Waals surface area (Å²) in [7, 11) is 0. The molecule has 2 aromatic carbocycles. The zero-order valence-electron chi connectivity index (χ0n) is 13.3. The maximum absolute atomic E-state index is 11.6. The van der Waals surface area contributed by atoms with Gasteiger partial charge in [-0.1, -0.05) is 66.7 Å². The van der Waals surface area contributed by atoms with E-state index in [9.17, 15) is 4.79 Å². The summed E-state index contributed by atoms with van der Waals surface area (Å²) in [6.07, 6.45) is 3.51. The van der Waals surface area contributed by atoms with E-state index in [1.54, 1.807) is 6.08 Å². The van der Waals surface area contributed by atoms with Crippen LogP contribution >= 0.6 is 0 Å². The van der Waals surface area contributed by atoms with E-state index in [2.05, 4.69) is 53.4 Å². The molecule has 0 bridgehead atoms. The molecule has 118 valence electrons. The van der Waals surface area contributed by atoms with Crippen molar-refractivity contribution in [2.45, 2.75) is 25.6 Å². The monoisotopic (exact) mass is 307 g/mol. The second kappa shape index (κ2) is 7.25. The van der Waals surface area contributed by atoms with Crippen LogP contribution in [0.5, 0.6) is 0 Å². The Morgan fingerprint density at radius 3 is 2.39 bits per heavy atom. The number of hydrogen-bond donors (Lipinski definition) is 0. The molecular weight excluding hydrogens is 286 g/mol. The molecule has 2 aromatic rings. The summed E-state index contributed by atoms with van der Waals surface area (Å²) < 4.78 is 4.97. The Bertz CT molecular complexity index is 667. The van der Waals surface area contributed by atoms with Crippen molar-refractivity contribution in [3.8, 4) is 0 Å². The van der Waals surface area contributed by atoms with Crippen molar-refractivity contribution in [1.29, 1.82) is 0 Å². The maximum atomic E-state index is 11.6. The number of esters is 1. The highest BCUT2D eigenvalue weighted by molar-refractivity contribution is 5.82. The van der Waals surface area contributed by atoms with Crippen molar-refractivity contribution in [2.24, 2.45) is 0 Å². The van der Waals surface area contributed by atoms with E-state index < -0.39 is 0 Å². The molecule has 1 fully saturated rings. The minimum atomic E-state index is -0.272. The van der Waals surface area contributed by atoms with Gasteiger partial charge < -0.3 is 4.74 Å². The Kier molecular flexibility index (Phi) is 4.89. The molecule has 1 aliphatic rings. The van der Waals surface area contributed by atoms with Crippen LogP contribution in [0.3, 0.4) is 0 Å². The molecule has 3 nitrogen and oxygen atoms in total. The number of hydrogen-bond acceptors (Lipinski definition) is 3. The summed E-state index contributed by atoms with van der Waals surface area (Å²) in [4.78, 5) is 13.9. The minimum absolute atomic E-state index is 0.238. The van der Waals surface area contributed by atoms with Crippen LogP contribution in [0.2, 0.25) is 0 Å². The lowest BCUT2D eigenvalue weighted by Gasteiger charge is -2.04. The highest BCUT2D eigenvalue weighted by atomic mass is 16.5. The first-order valence-corrected chi connectivity index (χ1v) is 7.99. The number of rotatable bonds is 6. The number of ether oxygens (including phenoxy) is 1. The van der Waals surface area contributed by atoms with Gasteiger partial charge in [0.2, 0.25) is 0 Å². The summed E-state index contributed by atoms with van der Waals surface area (Å²) in [5.41, 5.74) is 2.56. The Morgan fingerprint density at radius 2 is 1.74 bits per heavy atom. The highest BCUT2D eigenvalue weighted by Gasteiger charge is 2.46. The molecule has 0 radical (unpaired) electrons. The molecule has 1 aliphatic heterocycles. The van der Waals surface area contributed by atoms with Crippen molar-refractivity contribution < 1.29 is 9.53 Å². The zero-order valence-corrected chi connectivity index (χ0v) is 13.3. The average molecular weight is 307 g/mol. The lowest BCUT2D eigenvalue weighted by Crippen LogP contribution is -2.02. The van der Waals surface area contributed by atoms with Crippen LogP contribution in [0.25, 0.3) is 0 Å². The fourth-order valence-electron chi connectivity index (χ4n) is 2.92. The zero-order chi connectivity index (χ0) is 16.1. The molecule has 0 saturated carbocycles. The van der Waals surface area contributed by atoms with Gasteiger partial charge in [0.05, 0.1) is 12.6 Å². The smallest absolute Gasteiger partial charge is 0.330 e. The van der Waals surface area contributed by atoms with Crippen molar-refractivity contribution >= 4 is 5.97 Å². The van der Waals surface area contributed by atoms with Gasteiger partial charge in [-0.15, -0.1) is 0 Å². The van der Waals surface area contributed by atoms with E-state index in [0.29, 0.717) is 12.6 Å². The largest absolute Gasteiger partial charge is 0.463 e. The van der Waals surface area contributed by atoms with E-state index in [0.717, 1.165) is 6.54 Å². The van der Waals surface area contributed by atoms with E-state index >= 15 is 0 Å². The second-order valence-corrected chi connectivity index (χ2v) is 5.62. The van der Waals surface area contributed by atoms with E-state index in [-0.39, 0.29) is 12.0 Å². The fourth-order valence-corrected chi connectivity index (χ4v) is 2.92. The molecule has 0 aromatic heterocycles. The summed E-state index contributed by atoms with van der Waals surface area (Å²) in [5.74, 6) is -0.272. The summed E-state index contributed by atoms with van der Waals surface area (Å²) in [6.45, 7) is 3.10. The molecular formula is C20H21NO2. The fraction of sp³-hybridized carbons (Fsp3) is 0.250. The first kappa shape index (κ1) is 15.5. The standard InChI is InChI=1S/C20H21NO2/c1-2-23-19(22)14-13-18-20(17-11-7-4-8-12-17)21(18)15-16-9-5-3-6-10-16/h3-14,18,20H,2,15H2,1H3/b14-13+/t18-,20-,21?/m0/s1.